The van der Waals surface area contributed by atoms with E-state index in [1.54, 1.807) is 0 Å². The SMILES string of the molecule is CCCC(CNC(=O)C(NC(=O)OCC1c2ccccc2-c2ccccc21)C(C)C)C(=O)O. The zero-order valence-electron chi connectivity index (χ0n) is 19.3. The maximum atomic E-state index is 12.7. The molecular weight excluding hydrogens is 420 g/mol. The summed E-state index contributed by atoms with van der Waals surface area (Å²) in [6.45, 7) is 5.71. The number of aliphatic carboxylic acids is 1. The summed E-state index contributed by atoms with van der Waals surface area (Å²) in [5, 5.41) is 14.6. The van der Waals surface area contributed by atoms with E-state index in [1.165, 1.54) is 0 Å². The molecule has 2 atom stereocenters. The highest BCUT2D eigenvalue weighted by molar-refractivity contribution is 5.86. The molecule has 0 heterocycles. The van der Waals surface area contributed by atoms with Gasteiger partial charge in [0.15, 0.2) is 0 Å². The van der Waals surface area contributed by atoms with E-state index in [9.17, 15) is 19.5 Å². The highest BCUT2D eigenvalue weighted by atomic mass is 16.5. The van der Waals surface area contributed by atoms with Gasteiger partial charge in [0, 0.05) is 12.5 Å². The van der Waals surface area contributed by atoms with Crippen molar-refractivity contribution in [3.63, 3.8) is 0 Å². The van der Waals surface area contributed by atoms with Crippen LogP contribution in [0.3, 0.4) is 0 Å². The molecule has 176 valence electrons. The van der Waals surface area contributed by atoms with E-state index in [1.807, 2.05) is 57.2 Å². The van der Waals surface area contributed by atoms with E-state index in [2.05, 4.69) is 22.8 Å². The van der Waals surface area contributed by atoms with Crippen LogP contribution in [0.25, 0.3) is 11.1 Å². The van der Waals surface area contributed by atoms with Crippen LogP contribution in [-0.2, 0) is 14.3 Å². The summed E-state index contributed by atoms with van der Waals surface area (Å²) in [6, 6.07) is 15.3. The Hall–Kier alpha value is -3.35. The topological polar surface area (TPSA) is 105 Å². The standard InChI is InChI=1S/C26H32N2O5/c1-4-9-17(25(30)31)14-27-24(29)23(16(2)3)28-26(32)33-15-22-20-12-7-5-10-18(20)19-11-6-8-13-21(19)22/h5-8,10-13,16-17,22-23H,4,9,14-15H2,1-3H3,(H,27,29)(H,28,32)(H,30,31). The first-order valence-electron chi connectivity index (χ1n) is 11.5. The van der Waals surface area contributed by atoms with Crippen molar-refractivity contribution >= 4 is 18.0 Å². The van der Waals surface area contributed by atoms with Crippen LogP contribution >= 0.6 is 0 Å². The van der Waals surface area contributed by atoms with Crippen molar-refractivity contribution in [3.8, 4) is 11.1 Å². The van der Waals surface area contributed by atoms with Crippen molar-refractivity contribution in [3.05, 3.63) is 59.7 Å². The number of hydrogen-bond acceptors (Lipinski definition) is 4. The van der Waals surface area contributed by atoms with Crippen molar-refractivity contribution < 1.29 is 24.2 Å². The molecule has 33 heavy (non-hydrogen) atoms. The minimum Gasteiger partial charge on any atom is -0.481 e. The number of benzene rings is 2. The van der Waals surface area contributed by atoms with Crippen LogP contribution in [0.2, 0.25) is 0 Å². The number of nitrogens with one attached hydrogen (secondary N) is 2. The summed E-state index contributed by atoms with van der Waals surface area (Å²) in [4.78, 5) is 36.6. The van der Waals surface area contributed by atoms with E-state index in [0.29, 0.717) is 12.8 Å². The van der Waals surface area contributed by atoms with Gasteiger partial charge in [-0.2, -0.15) is 0 Å². The first-order chi connectivity index (χ1) is 15.8. The lowest BCUT2D eigenvalue weighted by atomic mass is 9.98. The molecule has 1 aliphatic carbocycles. The first kappa shape index (κ1) is 24.3. The van der Waals surface area contributed by atoms with E-state index in [0.717, 1.165) is 22.3 Å². The third-order valence-corrected chi connectivity index (χ3v) is 6.08. The fourth-order valence-corrected chi connectivity index (χ4v) is 4.30. The lowest BCUT2D eigenvalue weighted by Gasteiger charge is -2.23. The molecule has 2 amide bonds. The molecule has 0 aliphatic heterocycles. The zero-order valence-corrected chi connectivity index (χ0v) is 19.3. The van der Waals surface area contributed by atoms with Crippen LogP contribution in [0.5, 0.6) is 0 Å². The number of carbonyl (C=O) groups is 3. The normalized spacial score (nSPS) is 14.2. The number of carboxylic acid groups (broad SMARTS) is 1. The molecule has 0 aromatic heterocycles. The summed E-state index contributed by atoms with van der Waals surface area (Å²) in [7, 11) is 0. The van der Waals surface area contributed by atoms with Crippen molar-refractivity contribution in [1.29, 1.82) is 0 Å². The average molecular weight is 453 g/mol. The van der Waals surface area contributed by atoms with Crippen LogP contribution in [0.4, 0.5) is 4.79 Å². The molecule has 7 heteroatoms. The number of fused-ring (bicyclic) bond motifs is 3. The minimum absolute atomic E-state index is 0.0254. The molecule has 3 rings (SSSR count). The number of hydrogen-bond donors (Lipinski definition) is 3. The smallest absolute Gasteiger partial charge is 0.407 e. The van der Waals surface area contributed by atoms with Gasteiger partial charge in [-0.3, -0.25) is 9.59 Å². The Morgan fingerprint density at radius 2 is 1.58 bits per heavy atom. The second-order valence-corrected chi connectivity index (χ2v) is 8.76. The highest BCUT2D eigenvalue weighted by Crippen LogP contribution is 2.44. The highest BCUT2D eigenvalue weighted by Gasteiger charge is 2.30. The minimum atomic E-state index is -0.942. The van der Waals surface area contributed by atoms with Crippen molar-refractivity contribution in [2.24, 2.45) is 11.8 Å². The predicted octanol–water partition coefficient (Wildman–Crippen LogP) is 4.17. The van der Waals surface area contributed by atoms with Crippen LogP contribution in [0.15, 0.2) is 48.5 Å². The lowest BCUT2D eigenvalue weighted by molar-refractivity contribution is -0.142. The average Bonchev–Trinajstić information content (AvgIpc) is 3.12. The summed E-state index contributed by atoms with van der Waals surface area (Å²) < 4.78 is 5.55. The number of carboxylic acids is 1. The van der Waals surface area contributed by atoms with Crippen LogP contribution in [0, 0.1) is 11.8 Å². The first-order valence-corrected chi connectivity index (χ1v) is 11.5. The van der Waals surface area contributed by atoms with Gasteiger partial charge in [0.2, 0.25) is 5.91 Å². The molecule has 0 fully saturated rings. The number of ether oxygens (including phenoxy) is 1. The fraction of sp³-hybridized carbons (Fsp3) is 0.423. The lowest BCUT2D eigenvalue weighted by Crippen LogP contribution is -2.51. The van der Waals surface area contributed by atoms with Crippen LogP contribution < -0.4 is 10.6 Å². The molecule has 3 N–H and O–H groups in total. The van der Waals surface area contributed by atoms with Gasteiger partial charge in [0.05, 0.1) is 5.92 Å². The third-order valence-electron chi connectivity index (χ3n) is 6.08. The van der Waals surface area contributed by atoms with Crippen molar-refractivity contribution in [2.45, 2.75) is 45.6 Å². The monoisotopic (exact) mass is 452 g/mol. The maximum Gasteiger partial charge on any atom is 0.407 e. The van der Waals surface area contributed by atoms with E-state index >= 15 is 0 Å². The maximum absolute atomic E-state index is 12.7. The van der Waals surface area contributed by atoms with Crippen molar-refractivity contribution in [1.82, 2.24) is 10.6 Å². The molecule has 0 saturated carbocycles. The molecule has 1 aliphatic rings. The van der Waals surface area contributed by atoms with Crippen LogP contribution in [0.1, 0.15) is 50.7 Å². The van der Waals surface area contributed by atoms with Gasteiger partial charge in [-0.15, -0.1) is 0 Å². The zero-order chi connectivity index (χ0) is 24.0. The number of rotatable bonds is 10. The molecule has 0 spiro atoms. The summed E-state index contributed by atoms with van der Waals surface area (Å²) >= 11 is 0. The van der Waals surface area contributed by atoms with Gasteiger partial charge in [-0.1, -0.05) is 75.7 Å². The molecule has 2 unspecified atom stereocenters. The molecular formula is C26H32N2O5. The quantitative estimate of drug-likeness (QED) is 0.502. The Morgan fingerprint density at radius 3 is 2.09 bits per heavy atom. The number of alkyl carbamates (subject to hydrolysis) is 1. The predicted molar refractivity (Wildman–Crippen MR) is 126 cm³/mol. The Kier molecular flexibility index (Phi) is 8.09. The van der Waals surface area contributed by atoms with Gasteiger partial charge in [0.25, 0.3) is 0 Å². The second-order valence-electron chi connectivity index (χ2n) is 8.76. The molecule has 0 saturated heterocycles. The summed E-state index contributed by atoms with van der Waals surface area (Å²) in [5.74, 6) is -2.27. The van der Waals surface area contributed by atoms with Gasteiger partial charge in [-0.05, 0) is 34.6 Å². The van der Waals surface area contributed by atoms with E-state index in [-0.39, 0.29) is 25.0 Å². The molecule has 0 radical (unpaired) electrons. The van der Waals surface area contributed by atoms with E-state index < -0.39 is 29.9 Å². The second kappa shape index (κ2) is 11.0. The number of amides is 2. The fourth-order valence-electron chi connectivity index (χ4n) is 4.30. The van der Waals surface area contributed by atoms with Crippen molar-refractivity contribution in [2.75, 3.05) is 13.2 Å². The molecule has 7 nitrogen and oxygen atoms in total. The van der Waals surface area contributed by atoms with Gasteiger partial charge < -0.3 is 20.5 Å². The van der Waals surface area contributed by atoms with Gasteiger partial charge in [0.1, 0.15) is 12.6 Å². The largest absolute Gasteiger partial charge is 0.481 e. The molecule has 2 aromatic carbocycles. The van der Waals surface area contributed by atoms with Crippen LogP contribution in [-0.4, -0.2) is 42.3 Å². The molecule has 2 aromatic rings. The van der Waals surface area contributed by atoms with Gasteiger partial charge in [-0.25, -0.2) is 4.79 Å². The van der Waals surface area contributed by atoms with Gasteiger partial charge >= 0.3 is 12.1 Å². The van der Waals surface area contributed by atoms with E-state index in [4.69, 9.17) is 4.74 Å². The Balaban J connectivity index is 1.61. The summed E-state index contributed by atoms with van der Waals surface area (Å²) in [6.07, 6.45) is 0.509. The Bertz CT molecular complexity index is 958. The molecule has 0 bridgehead atoms. The summed E-state index contributed by atoms with van der Waals surface area (Å²) in [5.41, 5.74) is 4.50. The number of carbonyl (C=O) groups excluding carboxylic acids is 2. The Labute approximate surface area is 194 Å². The Morgan fingerprint density at radius 1 is 1.00 bits per heavy atom. The third kappa shape index (κ3) is 5.72.